The molecular formula is C16H27IN6O2. The van der Waals surface area contributed by atoms with Gasteiger partial charge in [0.25, 0.3) is 5.91 Å². The number of nitrogens with one attached hydrogen (secondary N) is 2. The monoisotopic (exact) mass is 462 g/mol. The third-order valence-electron chi connectivity index (χ3n) is 3.66. The van der Waals surface area contributed by atoms with Crippen molar-refractivity contribution in [3.05, 3.63) is 30.1 Å². The van der Waals surface area contributed by atoms with E-state index in [1.807, 2.05) is 0 Å². The number of carbonyl (C=O) groups is 1. The van der Waals surface area contributed by atoms with Gasteiger partial charge in [-0.2, -0.15) is 0 Å². The van der Waals surface area contributed by atoms with Crippen molar-refractivity contribution in [2.24, 2.45) is 10.7 Å². The molecule has 1 fully saturated rings. The fourth-order valence-electron chi connectivity index (χ4n) is 2.34. The second-order valence-electron chi connectivity index (χ2n) is 5.50. The van der Waals surface area contributed by atoms with Gasteiger partial charge < -0.3 is 21.1 Å². The Morgan fingerprint density at radius 3 is 2.80 bits per heavy atom. The Hall–Kier alpha value is -1.46. The number of guanidine groups is 1. The van der Waals surface area contributed by atoms with Crippen molar-refractivity contribution in [3.63, 3.8) is 0 Å². The Morgan fingerprint density at radius 2 is 2.08 bits per heavy atom. The molecule has 0 atom stereocenters. The van der Waals surface area contributed by atoms with Crippen LogP contribution in [0.25, 0.3) is 0 Å². The summed E-state index contributed by atoms with van der Waals surface area (Å²) in [6.45, 7) is 6.33. The van der Waals surface area contributed by atoms with E-state index in [9.17, 15) is 4.79 Å². The zero-order valence-electron chi connectivity index (χ0n) is 14.3. The zero-order chi connectivity index (χ0) is 17.0. The Morgan fingerprint density at radius 1 is 1.32 bits per heavy atom. The third kappa shape index (κ3) is 8.98. The number of hydrogen-bond donors (Lipinski definition) is 3. The number of nitrogens with zero attached hydrogens (tertiary/aromatic N) is 3. The van der Waals surface area contributed by atoms with Crippen molar-refractivity contribution in [2.45, 2.75) is 6.42 Å². The maximum absolute atomic E-state index is 11.8. The van der Waals surface area contributed by atoms with Crippen molar-refractivity contribution < 1.29 is 9.53 Å². The molecule has 9 heteroatoms. The average Bonchev–Trinajstić information content (AvgIpc) is 2.64. The summed E-state index contributed by atoms with van der Waals surface area (Å²) in [4.78, 5) is 22.4. The van der Waals surface area contributed by atoms with Crippen LogP contribution in [-0.2, 0) is 4.74 Å². The van der Waals surface area contributed by atoms with Crippen LogP contribution >= 0.6 is 24.0 Å². The summed E-state index contributed by atoms with van der Waals surface area (Å²) < 4.78 is 5.31. The quantitative estimate of drug-likeness (QED) is 0.219. The van der Waals surface area contributed by atoms with Gasteiger partial charge in [-0.3, -0.25) is 19.7 Å². The highest BCUT2D eigenvalue weighted by atomic mass is 127. The maximum atomic E-state index is 11.8. The summed E-state index contributed by atoms with van der Waals surface area (Å²) in [6, 6.07) is 3.45. The van der Waals surface area contributed by atoms with Crippen LogP contribution in [0, 0.1) is 0 Å². The number of hydrogen-bond acceptors (Lipinski definition) is 5. The molecule has 0 aromatic carbocycles. The second kappa shape index (κ2) is 12.8. The van der Waals surface area contributed by atoms with E-state index in [2.05, 4.69) is 25.5 Å². The fraction of sp³-hybridized carbons (Fsp3) is 0.562. The molecule has 1 amide bonds. The lowest BCUT2D eigenvalue weighted by molar-refractivity contribution is 0.0377. The van der Waals surface area contributed by atoms with E-state index in [-0.39, 0.29) is 29.9 Å². The van der Waals surface area contributed by atoms with Gasteiger partial charge in [0.2, 0.25) is 0 Å². The maximum Gasteiger partial charge on any atom is 0.252 e. The molecule has 1 aromatic rings. The molecule has 1 saturated heterocycles. The van der Waals surface area contributed by atoms with Crippen LogP contribution in [0.5, 0.6) is 0 Å². The lowest BCUT2D eigenvalue weighted by atomic mass is 10.3. The first kappa shape index (κ1) is 21.6. The molecule has 0 saturated carbocycles. The number of ether oxygens (including phenoxy) is 1. The molecule has 4 N–H and O–H groups in total. The number of nitrogens with two attached hydrogens (primary N) is 1. The minimum atomic E-state index is -0.147. The number of rotatable bonds is 8. The van der Waals surface area contributed by atoms with Crippen molar-refractivity contribution in [1.82, 2.24) is 20.5 Å². The smallest absolute Gasteiger partial charge is 0.252 e. The number of aliphatic imine (C=N–C) groups is 1. The van der Waals surface area contributed by atoms with Gasteiger partial charge >= 0.3 is 0 Å². The van der Waals surface area contributed by atoms with Crippen molar-refractivity contribution in [3.8, 4) is 0 Å². The highest BCUT2D eigenvalue weighted by Crippen LogP contribution is 1.98. The predicted octanol–water partition coefficient (Wildman–Crippen LogP) is 0.0560. The van der Waals surface area contributed by atoms with Gasteiger partial charge in [-0.05, 0) is 18.6 Å². The van der Waals surface area contributed by atoms with Gasteiger partial charge in [-0.15, -0.1) is 24.0 Å². The van der Waals surface area contributed by atoms with Crippen LogP contribution in [0.3, 0.4) is 0 Å². The van der Waals surface area contributed by atoms with E-state index in [1.165, 1.54) is 6.20 Å². The molecule has 1 aromatic heterocycles. The summed E-state index contributed by atoms with van der Waals surface area (Å²) in [5.74, 6) is 0.263. The second-order valence-corrected chi connectivity index (χ2v) is 5.50. The molecule has 2 heterocycles. The standard InChI is InChI=1S/C16H26N6O2.HI/c17-16(20-5-2-8-22-9-11-24-12-10-22)21-7-6-19-15(23)14-3-1-4-18-13-14;/h1,3-4,13H,2,5-12H2,(H,19,23)(H3,17,20,21);1H. The lowest BCUT2D eigenvalue weighted by Crippen LogP contribution is -2.39. The van der Waals surface area contributed by atoms with Crippen LogP contribution in [-0.4, -0.2) is 74.2 Å². The number of halogens is 1. The largest absolute Gasteiger partial charge is 0.379 e. The van der Waals surface area contributed by atoms with Gasteiger partial charge in [-0.25, -0.2) is 0 Å². The Labute approximate surface area is 165 Å². The van der Waals surface area contributed by atoms with E-state index in [1.54, 1.807) is 18.3 Å². The molecule has 140 valence electrons. The summed E-state index contributed by atoms with van der Waals surface area (Å²) in [7, 11) is 0. The number of carbonyl (C=O) groups excluding carboxylic acids is 1. The number of amides is 1. The van der Waals surface area contributed by atoms with Crippen LogP contribution in [0.2, 0.25) is 0 Å². The Bertz CT molecular complexity index is 523. The van der Waals surface area contributed by atoms with Gasteiger partial charge in [0.1, 0.15) is 0 Å². The van der Waals surface area contributed by atoms with E-state index in [0.717, 1.165) is 39.3 Å². The van der Waals surface area contributed by atoms with Crippen LogP contribution < -0.4 is 16.4 Å². The topological polar surface area (TPSA) is 105 Å². The number of morpholine rings is 1. The molecule has 0 bridgehead atoms. The summed E-state index contributed by atoms with van der Waals surface area (Å²) >= 11 is 0. The summed E-state index contributed by atoms with van der Waals surface area (Å²) in [5, 5.41) is 5.79. The van der Waals surface area contributed by atoms with Crippen LogP contribution in [0.4, 0.5) is 0 Å². The predicted molar refractivity (Wildman–Crippen MR) is 108 cm³/mol. The molecule has 0 aliphatic carbocycles. The molecule has 25 heavy (non-hydrogen) atoms. The van der Waals surface area contributed by atoms with Gasteiger partial charge in [0.05, 0.1) is 18.8 Å². The van der Waals surface area contributed by atoms with E-state index in [4.69, 9.17) is 10.5 Å². The molecule has 8 nitrogen and oxygen atoms in total. The SMILES string of the molecule is I.NC(=NCCCN1CCOCC1)NCCNC(=O)c1cccnc1. The van der Waals surface area contributed by atoms with E-state index >= 15 is 0 Å². The van der Waals surface area contributed by atoms with Gasteiger partial charge in [0, 0.05) is 51.7 Å². The minimum absolute atomic E-state index is 0. The molecule has 0 radical (unpaired) electrons. The highest BCUT2D eigenvalue weighted by Gasteiger charge is 2.08. The number of aromatic nitrogens is 1. The molecule has 0 unspecified atom stereocenters. The highest BCUT2D eigenvalue weighted by molar-refractivity contribution is 14.0. The molecule has 1 aliphatic rings. The third-order valence-corrected chi connectivity index (χ3v) is 3.66. The van der Waals surface area contributed by atoms with Crippen LogP contribution in [0.1, 0.15) is 16.8 Å². The van der Waals surface area contributed by atoms with Crippen molar-refractivity contribution in [1.29, 1.82) is 0 Å². The first-order valence-electron chi connectivity index (χ1n) is 8.28. The van der Waals surface area contributed by atoms with Crippen molar-refractivity contribution >= 4 is 35.8 Å². The van der Waals surface area contributed by atoms with Crippen LogP contribution in [0.15, 0.2) is 29.5 Å². The molecule has 2 rings (SSSR count). The Kier molecular flexibility index (Phi) is 11.1. The first-order valence-corrected chi connectivity index (χ1v) is 8.28. The van der Waals surface area contributed by atoms with Gasteiger partial charge in [-0.1, -0.05) is 0 Å². The van der Waals surface area contributed by atoms with Crippen molar-refractivity contribution in [2.75, 3.05) is 52.5 Å². The van der Waals surface area contributed by atoms with E-state index < -0.39 is 0 Å². The van der Waals surface area contributed by atoms with Gasteiger partial charge in [0.15, 0.2) is 5.96 Å². The molecule has 1 aliphatic heterocycles. The first-order chi connectivity index (χ1) is 11.8. The molecular weight excluding hydrogens is 435 g/mol. The Balaban J connectivity index is 0.00000312. The van der Waals surface area contributed by atoms with E-state index in [0.29, 0.717) is 31.2 Å². The summed E-state index contributed by atoms with van der Waals surface area (Å²) in [6.07, 6.45) is 4.14. The lowest BCUT2D eigenvalue weighted by Gasteiger charge is -2.26. The molecule has 0 spiro atoms. The normalized spacial score (nSPS) is 15.3. The number of pyridine rings is 1. The zero-order valence-corrected chi connectivity index (χ0v) is 16.6. The summed E-state index contributed by atoms with van der Waals surface area (Å²) in [5.41, 5.74) is 6.35. The average molecular weight is 462 g/mol. The minimum Gasteiger partial charge on any atom is -0.379 e. The fourth-order valence-corrected chi connectivity index (χ4v) is 2.34.